The minimum atomic E-state index is -0.963. The van der Waals surface area contributed by atoms with Gasteiger partial charge in [0.2, 0.25) is 0 Å². The SMILES string of the molecule is C[C@H]1C[C@@]2(C[C@H](C)[C@@H]3O[C@H]([C@@H](O)C[C@@H](O)CO)C[C@@H]3O2)O[C@H]2CC(=O)O[C@H]21. The highest BCUT2D eigenvalue weighted by molar-refractivity contribution is 5.72. The van der Waals surface area contributed by atoms with Gasteiger partial charge in [0.1, 0.15) is 12.2 Å². The number of rotatable bonds is 4. The predicted molar refractivity (Wildman–Crippen MR) is 91.5 cm³/mol. The molecule has 27 heavy (non-hydrogen) atoms. The third-order valence-corrected chi connectivity index (χ3v) is 6.44. The molecule has 3 N–H and O–H groups in total. The van der Waals surface area contributed by atoms with Gasteiger partial charge in [-0.2, -0.15) is 0 Å². The van der Waals surface area contributed by atoms with Crippen molar-refractivity contribution in [3.8, 4) is 0 Å². The Morgan fingerprint density at radius 3 is 2.48 bits per heavy atom. The highest BCUT2D eigenvalue weighted by Crippen LogP contribution is 2.49. The Morgan fingerprint density at radius 2 is 1.78 bits per heavy atom. The predicted octanol–water partition coefficient (Wildman–Crippen LogP) is 0.110. The molecule has 0 aromatic rings. The van der Waals surface area contributed by atoms with E-state index in [0.29, 0.717) is 19.3 Å². The van der Waals surface area contributed by atoms with Gasteiger partial charge in [-0.1, -0.05) is 13.8 Å². The van der Waals surface area contributed by atoms with E-state index in [1.807, 2.05) is 0 Å². The Balaban J connectivity index is 1.44. The first kappa shape index (κ1) is 19.5. The van der Waals surface area contributed by atoms with Crippen LogP contribution in [-0.2, 0) is 23.7 Å². The van der Waals surface area contributed by atoms with Gasteiger partial charge in [0.25, 0.3) is 0 Å². The maximum atomic E-state index is 11.7. The molecule has 0 bridgehead atoms. The molecule has 0 amide bonds. The van der Waals surface area contributed by atoms with Crippen molar-refractivity contribution in [2.24, 2.45) is 11.8 Å². The van der Waals surface area contributed by atoms with Gasteiger partial charge in [0.15, 0.2) is 5.79 Å². The van der Waals surface area contributed by atoms with Crippen molar-refractivity contribution in [3.05, 3.63) is 0 Å². The van der Waals surface area contributed by atoms with E-state index >= 15 is 0 Å². The quantitative estimate of drug-likeness (QED) is 0.583. The number of carbonyl (C=O) groups is 1. The monoisotopic (exact) mass is 386 g/mol. The Bertz CT molecular complexity index is 570. The molecule has 4 fully saturated rings. The average Bonchev–Trinajstić information content (AvgIpc) is 3.18. The fourth-order valence-corrected chi connectivity index (χ4v) is 5.29. The van der Waals surface area contributed by atoms with Gasteiger partial charge in [-0.25, -0.2) is 0 Å². The molecule has 154 valence electrons. The van der Waals surface area contributed by atoms with Crippen molar-refractivity contribution in [1.29, 1.82) is 0 Å². The average molecular weight is 386 g/mol. The van der Waals surface area contributed by atoms with Crippen LogP contribution in [0.4, 0.5) is 0 Å². The normalized spacial score (nSPS) is 48.8. The summed E-state index contributed by atoms with van der Waals surface area (Å²) in [4.78, 5) is 11.7. The molecule has 0 aromatic carbocycles. The van der Waals surface area contributed by atoms with Crippen molar-refractivity contribution >= 4 is 5.97 Å². The molecule has 0 aromatic heterocycles. The zero-order chi connectivity index (χ0) is 19.3. The van der Waals surface area contributed by atoms with Gasteiger partial charge in [-0.15, -0.1) is 0 Å². The third kappa shape index (κ3) is 3.63. The summed E-state index contributed by atoms with van der Waals surface area (Å²) in [6, 6.07) is 0. The number of carbonyl (C=O) groups excluding carboxylic acids is 1. The van der Waals surface area contributed by atoms with Crippen molar-refractivity contribution in [2.75, 3.05) is 6.61 Å². The summed E-state index contributed by atoms with van der Waals surface area (Å²) in [6.45, 7) is 3.77. The van der Waals surface area contributed by atoms with Crippen molar-refractivity contribution in [3.63, 3.8) is 0 Å². The van der Waals surface area contributed by atoms with Crippen molar-refractivity contribution < 1.29 is 39.1 Å². The van der Waals surface area contributed by atoms with E-state index in [1.54, 1.807) is 0 Å². The van der Waals surface area contributed by atoms with Gasteiger partial charge < -0.3 is 34.3 Å². The second kappa shape index (κ2) is 7.24. The van der Waals surface area contributed by atoms with Crippen molar-refractivity contribution in [2.45, 2.75) is 94.5 Å². The summed E-state index contributed by atoms with van der Waals surface area (Å²) in [5.74, 6) is -0.638. The number of hydrogen-bond donors (Lipinski definition) is 3. The van der Waals surface area contributed by atoms with Gasteiger partial charge >= 0.3 is 5.97 Å². The molecule has 0 aliphatic carbocycles. The summed E-state index contributed by atoms with van der Waals surface area (Å²) in [6.07, 6.45) is -0.916. The zero-order valence-electron chi connectivity index (χ0n) is 15.8. The van der Waals surface area contributed by atoms with Crippen molar-refractivity contribution in [1.82, 2.24) is 0 Å². The van der Waals surface area contributed by atoms with E-state index in [1.165, 1.54) is 0 Å². The lowest BCUT2D eigenvalue weighted by Crippen LogP contribution is -2.58. The molecule has 4 heterocycles. The van der Waals surface area contributed by atoms with Crippen LogP contribution < -0.4 is 0 Å². The lowest BCUT2D eigenvalue weighted by molar-refractivity contribution is -0.346. The summed E-state index contributed by atoms with van der Waals surface area (Å²) < 4.78 is 24.1. The largest absolute Gasteiger partial charge is 0.459 e. The molecule has 1 spiro atoms. The van der Waals surface area contributed by atoms with E-state index in [0.717, 1.165) is 0 Å². The zero-order valence-corrected chi connectivity index (χ0v) is 15.8. The molecular weight excluding hydrogens is 356 g/mol. The molecular formula is C19H30O8. The van der Waals surface area contributed by atoms with Crippen LogP contribution in [0.2, 0.25) is 0 Å². The highest BCUT2D eigenvalue weighted by atomic mass is 16.7. The fraction of sp³-hybridized carbons (Fsp3) is 0.947. The number of aliphatic hydroxyl groups excluding tert-OH is 3. The van der Waals surface area contributed by atoms with Gasteiger partial charge in [0.05, 0.1) is 43.5 Å². The van der Waals surface area contributed by atoms with Gasteiger partial charge in [0, 0.05) is 31.6 Å². The second-order valence-corrected chi connectivity index (χ2v) is 8.76. The van der Waals surface area contributed by atoms with E-state index < -0.39 is 24.1 Å². The fourth-order valence-electron chi connectivity index (χ4n) is 5.29. The lowest BCUT2D eigenvalue weighted by atomic mass is 9.80. The standard InChI is InChI=1S/C19H30O8/c1-9-6-19(7-10(2)18-15(27-19)5-16(23)25-18)26-14-4-13(24-17(9)14)12(22)3-11(21)8-20/h9-15,17-18,20-22H,3-8H2,1-2H3/t9-,10-,11+,12-,13-,14-,15-,17-,18-,19+/m0/s1. The number of fused-ring (bicyclic) bond motifs is 2. The molecule has 8 nitrogen and oxygen atoms in total. The maximum Gasteiger partial charge on any atom is 0.308 e. The van der Waals surface area contributed by atoms with Gasteiger partial charge in [-0.3, -0.25) is 4.79 Å². The minimum Gasteiger partial charge on any atom is -0.459 e. The molecule has 4 saturated heterocycles. The second-order valence-electron chi connectivity index (χ2n) is 8.76. The summed E-state index contributed by atoms with van der Waals surface area (Å²) in [5, 5.41) is 28.9. The molecule has 10 atom stereocenters. The van der Waals surface area contributed by atoms with Gasteiger partial charge in [-0.05, 0) is 5.92 Å². The molecule has 0 radical (unpaired) electrons. The number of ether oxygens (including phenoxy) is 4. The molecule has 8 heteroatoms. The number of esters is 1. The van der Waals surface area contributed by atoms with Crippen LogP contribution in [0.25, 0.3) is 0 Å². The summed E-state index contributed by atoms with van der Waals surface area (Å²) in [5.41, 5.74) is 0. The first-order valence-electron chi connectivity index (χ1n) is 9.98. The number of hydrogen-bond acceptors (Lipinski definition) is 8. The molecule has 4 rings (SSSR count). The van der Waals surface area contributed by atoms with Crippen LogP contribution >= 0.6 is 0 Å². The Kier molecular flexibility index (Phi) is 5.24. The topological polar surface area (TPSA) is 115 Å². The van der Waals surface area contributed by atoms with Crippen LogP contribution in [-0.4, -0.2) is 76.4 Å². The van der Waals surface area contributed by atoms with Crippen LogP contribution in [0.1, 0.15) is 46.0 Å². The smallest absolute Gasteiger partial charge is 0.308 e. The van der Waals surface area contributed by atoms with E-state index in [9.17, 15) is 15.0 Å². The minimum absolute atomic E-state index is 0.0663. The lowest BCUT2D eigenvalue weighted by Gasteiger charge is -2.50. The van der Waals surface area contributed by atoms with E-state index in [2.05, 4.69) is 13.8 Å². The van der Waals surface area contributed by atoms with Crippen LogP contribution in [0.15, 0.2) is 0 Å². The molecule has 4 aliphatic rings. The first-order valence-corrected chi connectivity index (χ1v) is 9.98. The summed E-state index contributed by atoms with van der Waals surface area (Å²) >= 11 is 0. The Morgan fingerprint density at radius 1 is 1.11 bits per heavy atom. The van der Waals surface area contributed by atoms with E-state index in [-0.39, 0.29) is 61.7 Å². The summed E-state index contributed by atoms with van der Waals surface area (Å²) in [7, 11) is 0. The van der Waals surface area contributed by atoms with Crippen LogP contribution in [0.3, 0.4) is 0 Å². The molecule has 0 saturated carbocycles. The molecule has 4 aliphatic heterocycles. The number of aliphatic hydroxyl groups is 3. The van der Waals surface area contributed by atoms with Crippen LogP contribution in [0.5, 0.6) is 0 Å². The third-order valence-electron chi connectivity index (χ3n) is 6.44. The first-order chi connectivity index (χ1) is 12.8. The van der Waals surface area contributed by atoms with Crippen LogP contribution in [0, 0.1) is 11.8 Å². The maximum absolute atomic E-state index is 11.7. The Labute approximate surface area is 158 Å². The highest BCUT2D eigenvalue weighted by Gasteiger charge is 2.58. The van der Waals surface area contributed by atoms with E-state index in [4.69, 9.17) is 24.1 Å². The Hall–Kier alpha value is -0.770. The molecule has 0 unspecified atom stereocenters.